The van der Waals surface area contributed by atoms with E-state index < -0.39 is 23.0 Å². The normalized spacial score (nSPS) is 17.1. The first-order chi connectivity index (χ1) is 15.8. The summed E-state index contributed by atoms with van der Waals surface area (Å²) in [6.45, 7) is 5.71. The summed E-state index contributed by atoms with van der Waals surface area (Å²) in [5.74, 6) is -1.27. The van der Waals surface area contributed by atoms with Crippen molar-refractivity contribution in [1.29, 1.82) is 0 Å². The van der Waals surface area contributed by atoms with E-state index in [0.717, 1.165) is 12.8 Å². The molecule has 10 heteroatoms. The van der Waals surface area contributed by atoms with Crippen LogP contribution in [0.4, 0.5) is 10.2 Å². The molecule has 2 aromatic heterocycles. The first kappa shape index (κ1) is 21.4. The number of aromatic carboxylic acids is 1. The molecule has 0 amide bonds. The minimum Gasteiger partial charge on any atom is -0.477 e. The molecule has 0 spiro atoms. The number of halogens is 1. The maximum atomic E-state index is 14.3. The van der Waals surface area contributed by atoms with Crippen LogP contribution in [-0.4, -0.2) is 46.7 Å². The summed E-state index contributed by atoms with van der Waals surface area (Å²) >= 11 is 0. The Morgan fingerprint density at radius 3 is 2.39 bits per heavy atom. The van der Waals surface area contributed by atoms with E-state index in [1.165, 1.54) is 13.0 Å². The monoisotopic (exact) mass is 457 g/mol. The molecular weight excluding hydrogens is 433 g/mol. The van der Waals surface area contributed by atoms with Crippen LogP contribution in [0.15, 0.2) is 30.6 Å². The Morgan fingerprint density at radius 1 is 1.12 bits per heavy atom. The fourth-order valence-corrected chi connectivity index (χ4v) is 4.67. The van der Waals surface area contributed by atoms with E-state index >= 15 is 0 Å². The SMILES string of the molecule is Cc1oc(=O)oc1CN1CCN(c2c(C(=O)O)c(=O)c3c(C)c(F)ccc3n2C2CC2)CC1. The molecule has 3 aromatic rings. The number of carbonyl (C=O) groups is 1. The van der Waals surface area contributed by atoms with Crippen LogP contribution in [0.2, 0.25) is 0 Å². The third-order valence-corrected chi connectivity index (χ3v) is 6.54. The lowest BCUT2D eigenvalue weighted by molar-refractivity contribution is 0.0695. The molecule has 0 unspecified atom stereocenters. The Labute approximate surface area is 187 Å². The summed E-state index contributed by atoms with van der Waals surface area (Å²) in [4.78, 5) is 40.9. The number of pyridine rings is 1. The van der Waals surface area contributed by atoms with Crippen molar-refractivity contribution < 1.29 is 23.1 Å². The Balaban J connectivity index is 1.55. The standard InChI is InChI=1S/C23H24FN3O6/c1-12-15(24)5-6-16-18(12)20(28)19(22(29)30)21(27(16)14-3-4-14)26-9-7-25(8-10-26)11-17-13(2)32-23(31)33-17/h5-6,14H,3-4,7-11H2,1-2H3,(H,29,30). The number of nitrogens with zero attached hydrogens (tertiary/aromatic N) is 3. The molecule has 0 radical (unpaired) electrons. The average molecular weight is 457 g/mol. The fraction of sp³-hybridized carbons (Fsp3) is 0.435. The lowest BCUT2D eigenvalue weighted by atomic mass is 10.0. The third kappa shape index (κ3) is 3.64. The molecule has 9 nitrogen and oxygen atoms in total. The molecule has 3 heterocycles. The van der Waals surface area contributed by atoms with Gasteiger partial charge < -0.3 is 23.4 Å². The molecule has 174 valence electrons. The van der Waals surface area contributed by atoms with Crippen LogP contribution < -0.4 is 16.2 Å². The molecule has 1 saturated carbocycles. The highest BCUT2D eigenvalue weighted by Crippen LogP contribution is 2.42. The van der Waals surface area contributed by atoms with Gasteiger partial charge in [-0.25, -0.2) is 14.0 Å². The Bertz CT molecular complexity index is 1380. The van der Waals surface area contributed by atoms with Gasteiger partial charge in [-0.2, -0.15) is 0 Å². The van der Waals surface area contributed by atoms with Crippen LogP contribution >= 0.6 is 0 Å². The summed E-state index contributed by atoms with van der Waals surface area (Å²) in [5.41, 5.74) is -0.227. The van der Waals surface area contributed by atoms with Crippen molar-refractivity contribution in [2.45, 2.75) is 39.3 Å². The van der Waals surface area contributed by atoms with Gasteiger partial charge in [0.1, 0.15) is 23.0 Å². The molecule has 1 saturated heterocycles. The van der Waals surface area contributed by atoms with Crippen LogP contribution in [-0.2, 0) is 6.54 Å². The highest BCUT2D eigenvalue weighted by molar-refractivity contribution is 5.99. The van der Waals surface area contributed by atoms with Gasteiger partial charge in [-0.15, -0.1) is 0 Å². The van der Waals surface area contributed by atoms with Gasteiger partial charge >= 0.3 is 11.8 Å². The molecule has 1 N–H and O–H groups in total. The highest BCUT2D eigenvalue weighted by atomic mass is 19.1. The van der Waals surface area contributed by atoms with Gasteiger partial charge in [0.15, 0.2) is 5.76 Å². The zero-order valence-electron chi connectivity index (χ0n) is 18.4. The molecule has 1 aliphatic heterocycles. The van der Waals surface area contributed by atoms with Gasteiger partial charge in [0.2, 0.25) is 5.43 Å². The summed E-state index contributed by atoms with van der Waals surface area (Å²) in [6.07, 6.45) is 1.75. The summed E-state index contributed by atoms with van der Waals surface area (Å²) in [5, 5.41) is 10.1. The predicted octanol–water partition coefficient (Wildman–Crippen LogP) is 2.66. The van der Waals surface area contributed by atoms with Gasteiger partial charge in [-0.1, -0.05) is 0 Å². The minimum atomic E-state index is -1.31. The lowest BCUT2D eigenvalue weighted by Crippen LogP contribution is -2.48. The van der Waals surface area contributed by atoms with Gasteiger partial charge in [-0.05, 0) is 44.4 Å². The van der Waals surface area contributed by atoms with Crippen molar-refractivity contribution in [3.05, 3.63) is 61.4 Å². The number of benzene rings is 1. The zero-order valence-corrected chi connectivity index (χ0v) is 18.4. The number of hydrogen-bond acceptors (Lipinski definition) is 7. The summed E-state index contributed by atoms with van der Waals surface area (Å²) in [6, 6.07) is 2.98. The quantitative estimate of drug-likeness (QED) is 0.623. The first-order valence-electron chi connectivity index (χ1n) is 10.9. The van der Waals surface area contributed by atoms with Crippen molar-refractivity contribution in [2.75, 3.05) is 31.1 Å². The van der Waals surface area contributed by atoms with E-state index in [2.05, 4.69) is 4.90 Å². The maximum absolute atomic E-state index is 14.3. The second-order valence-corrected chi connectivity index (χ2v) is 8.70. The van der Waals surface area contributed by atoms with Crippen molar-refractivity contribution in [2.24, 2.45) is 0 Å². The van der Waals surface area contributed by atoms with E-state index in [-0.39, 0.29) is 22.6 Å². The van der Waals surface area contributed by atoms with Gasteiger partial charge in [-0.3, -0.25) is 9.69 Å². The number of rotatable bonds is 5. The predicted molar refractivity (Wildman–Crippen MR) is 118 cm³/mol. The van der Waals surface area contributed by atoms with Gasteiger partial charge in [0, 0.05) is 32.2 Å². The number of carboxylic acid groups (broad SMARTS) is 1. The molecule has 1 aromatic carbocycles. The number of carboxylic acids is 1. The Morgan fingerprint density at radius 2 is 1.82 bits per heavy atom. The van der Waals surface area contributed by atoms with Crippen molar-refractivity contribution in [1.82, 2.24) is 9.47 Å². The number of anilines is 1. The van der Waals surface area contributed by atoms with Crippen LogP contribution in [0.1, 0.15) is 46.3 Å². The Hall–Kier alpha value is -3.40. The zero-order chi connectivity index (χ0) is 23.4. The fourth-order valence-electron chi connectivity index (χ4n) is 4.67. The van der Waals surface area contributed by atoms with Crippen LogP contribution in [0.3, 0.4) is 0 Å². The van der Waals surface area contributed by atoms with Crippen molar-refractivity contribution in [3.8, 4) is 0 Å². The van der Waals surface area contributed by atoms with Crippen LogP contribution in [0.5, 0.6) is 0 Å². The molecule has 1 aliphatic carbocycles. The van der Waals surface area contributed by atoms with Gasteiger partial charge in [0.05, 0.1) is 17.4 Å². The molecule has 0 bridgehead atoms. The second-order valence-electron chi connectivity index (χ2n) is 8.70. The van der Waals surface area contributed by atoms with E-state index in [4.69, 9.17) is 8.83 Å². The Kier molecular flexibility index (Phi) is 5.12. The molecule has 0 atom stereocenters. The largest absolute Gasteiger partial charge is 0.519 e. The average Bonchev–Trinajstić information content (AvgIpc) is 3.55. The van der Waals surface area contributed by atoms with Crippen LogP contribution in [0, 0.1) is 19.7 Å². The van der Waals surface area contributed by atoms with E-state index in [0.29, 0.717) is 55.6 Å². The van der Waals surface area contributed by atoms with Crippen molar-refractivity contribution >= 4 is 22.7 Å². The smallest absolute Gasteiger partial charge is 0.477 e. The number of hydrogen-bond donors (Lipinski definition) is 1. The number of piperazine rings is 1. The molecule has 2 fully saturated rings. The minimum absolute atomic E-state index is 0.0759. The van der Waals surface area contributed by atoms with E-state index in [1.807, 2.05) is 9.47 Å². The lowest BCUT2D eigenvalue weighted by Gasteiger charge is -2.37. The highest BCUT2D eigenvalue weighted by Gasteiger charge is 2.35. The van der Waals surface area contributed by atoms with Gasteiger partial charge in [0.25, 0.3) is 0 Å². The third-order valence-electron chi connectivity index (χ3n) is 6.54. The van der Waals surface area contributed by atoms with E-state index in [1.54, 1.807) is 13.0 Å². The second kappa shape index (κ2) is 7.87. The number of fused-ring (bicyclic) bond motifs is 1. The molecule has 5 rings (SSSR count). The number of aromatic nitrogens is 1. The van der Waals surface area contributed by atoms with Crippen LogP contribution in [0.25, 0.3) is 10.9 Å². The summed E-state index contributed by atoms with van der Waals surface area (Å²) < 4.78 is 26.2. The first-order valence-corrected chi connectivity index (χ1v) is 10.9. The van der Waals surface area contributed by atoms with Crippen molar-refractivity contribution in [3.63, 3.8) is 0 Å². The molecule has 2 aliphatic rings. The number of aryl methyl sites for hydroxylation is 2. The molecular formula is C23H24FN3O6. The molecule has 33 heavy (non-hydrogen) atoms. The summed E-state index contributed by atoms with van der Waals surface area (Å²) in [7, 11) is 0. The van der Waals surface area contributed by atoms with E-state index in [9.17, 15) is 23.9 Å². The maximum Gasteiger partial charge on any atom is 0.519 e. The topological polar surface area (TPSA) is 109 Å².